The number of nitrogens with one attached hydrogen (secondary N) is 2. The normalized spacial score (nSPS) is 17.6. The summed E-state index contributed by atoms with van der Waals surface area (Å²) >= 11 is 0. The maximum atomic E-state index is 13.8. The molecule has 4 aromatic rings. The Morgan fingerprint density at radius 3 is 2.42 bits per heavy atom. The van der Waals surface area contributed by atoms with Crippen LogP contribution in [0.2, 0.25) is 0 Å². The fourth-order valence-electron chi connectivity index (χ4n) is 5.37. The largest absolute Gasteiger partial charge is 0.418 e. The zero-order chi connectivity index (χ0) is 30.4. The molecule has 2 aliphatic rings. The quantitative estimate of drug-likeness (QED) is 0.234. The minimum atomic E-state index is -4.60. The van der Waals surface area contributed by atoms with Crippen LogP contribution in [0.15, 0.2) is 102 Å². The van der Waals surface area contributed by atoms with E-state index in [4.69, 9.17) is 4.99 Å². The first-order chi connectivity index (χ1) is 20.5. The van der Waals surface area contributed by atoms with E-state index in [1.165, 1.54) is 41.6 Å². The van der Waals surface area contributed by atoms with Gasteiger partial charge in [0.25, 0.3) is 0 Å². The summed E-state index contributed by atoms with van der Waals surface area (Å²) in [4.78, 5) is 10.9. The summed E-state index contributed by atoms with van der Waals surface area (Å²) in [5.74, 6) is 0.746. The van der Waals surface area contributed by atoms with Gasteiger partial charge in [-0.3, -0.25) is 4.98 Å². The van der Waals surface area contributed by atoms with Gasteiger partial charge in [-0.05, 0) is 73.0 Å². The van der Waals surface area contributed by atoms with E-state index in [0.717, 1.165) is 31.2 Å². The zero-order valence-electron chi connectivity index (χ0n) is 22.8. The number of amidine groups is 1. The molecule has 1 unspecified atom stereocenters. The molecule has 0 amide bonds. The Labute approximate surface area is 243 Å². The Bertz CT molecular complexity index is 1720. The molecule has 0 fully saturated rings. The van der Waals surface area contributed by atoms with E-state index in [1.54, 1.807) is 12.1 Å². The summed E-state index contributed by atoms with van der Waals surface area (Å²) in [6.45, 7) is 2.80. The fraction of sp³-hybridized carbons (Fsp3) is 0.188. The molecule has 0 radical (unpaired) electrons. The number of alkyl halides is 6. The molecule has 5 nitrogen and oxygen atoms in total. The maximum Gasteiger partial charge on any atom is 0.418 e. The number of aliphatic imine (C=N–C) groups is 1. The van der Waals surface area contributed by atoms with Crippen LogP contribution in [0.4, 0.5) is 37.7 Å². The minimum absolute atomic E-state index is 0.0383. The van der Waals surface area contributed by atoms with E-state index < -0.39 is 23.5 Å². The average molecular weight is 594 g/mol. The van der Waals surface area contributed by atoms with E-state index in [9.17, 15) is 26.3 Å². The van der Waals surface area contributed by atoms with Gasteiger partial charge >= 0.3 is 12.4 Å². The van der Waals surface area contributed by atoms with Crippen LogP contribution < -0.4 is 10.6 Å². The van der Waals surface area contributed by atoms with Crippen molar-refractivity contribution in [3.8, 4) is 11.3 Å². The van der Waals surface area contributed by atoms with Gasteiger partial charge < -0.3 is 15.5 Å². The summed E-state index contributed by atoms with van der Waals surface area (Å²) in [6.07, 6.45) is -5.10. The van der Waals surface area contributed by atoms with Gasteiger partial charge in [-0.1, -0.05) is 30.3 Å². The van der Waals surface area contributed by atoms with E-state index in [2.05, 4.69) is 39.6 Å². The molecule has 0 aliphatic carbocycles. The summed E-state index contributed by atoms with van der Waals surface area (Å²) < 4.78 is 80.7. The molecule has 11 heteroatoms. The molecule has 6 rings (SSSR count). The van der Waals surface area contributed by atoms with Crippen molar-refractivity contribution in [3.63, 3.8) is 0 Å². The van der Waals surface area contributed by atoms with Gasteiger partial charge in [0, 0.05) is 35.8 Å². The highest BCUT2D eigenvalue weighted by Gasteiger charge is 2.35. The van der Waals surface area contributed by atoms with Gasteiger partial charge in [-0.2, -0.15) is 26.3 Å². The number of rotatable bonds is 3. The smallest absolute Gasteiger partial charge is 0.367 e. The first kappa shape index (κ1) is 28.3. The van der Waals surface area contributed by atoms with Crippen LogP contribution in [-0.4, -0.2) is 22.3 Å². The first-order valence-corrected chi connectivity index (χ1v) is 13.5. The van der Waals surface area contributed by atoms with Gasteiger partial charge in [0.2, 0.25) is 0 Å². The van der Waals surface area contributed by atoms with Gasteiger partial charge in [-0.15, -0.1) is 0 Å². The summed E-state index contributed by atoms with van der Waals surface area (Å²) in [5, 5.41) is 6.33. The van der Waals surface area contributed by atoms with Gasteiger partial charge in [0.05, 0.1) is 28.6 Å². The number of nitrogens with zero attached hydrogens (tertiary/aromatic N) is 3. The van der Waals surface area contributed by atoms with Crippen molar-refractivity contribution in [2.75, 3.05) is 17.2 Å². The average Bonchev–Trinajstić information content (AvgIpc) is 2.98. The number of hydrogen-bond donors (Lipinski definition) is 2. The highest BCUT2D eigenvalue weighted by molar-refractivity contribution is 6.14. The molecule has 1 atom stereocenters. The molecule has 0 saturated carbocycles. The molecule has 0 saturated heterocycles. The molecule has 3 heterocycles. The SMILES string of the molecule is CC1c2ccccc2CCN1C=C1N=C(Nc2ccc(C(F)(F)F)cc2)c2ccc(-c3ncccc3C(F)(F)F)cc2N1. The molecule has 3 aromatic carbocycles. The van der Waals surface area contributed by atoms with Crippen LogP contribution in [0.25, 0.3) is 11.3 Å². The summed E-state index contributed by atoms with van der Waals surface area (Å²) in [7, 11) is 0. The zero-order valence-corrected chi connectivity index (χ0v) is 22.8. The number of aromatic nitrogens is 1. The van der Waals surface area contributed by atoms with Crippen LogP contribution in [-0.2, 0) is 18.8 Å². The lowest BCUT2D eigenvalue weighted by atomic mass is 9.94. The number of pyridine rings is 1. The highest BCUT2D eigenvalue weighted by atomic mass is 19.4. The Balaban J connectivity index is 1.40. The van der Waals surface area contributed by atoms with E-state index in [1.807, 2.05) is 18.3 Å². The van der Waals surface area contributed by atoms with Crippen LogP contribution in [0, 0.1) is 0 Å². The first-order valence-electron chi connectivity index (χ1n) is 13.5. The second-order valence-electron chi connectivity index (χ2n) is 10.3. The third-order valence-electron chi connectivity index (χ3n) is 7.56. The van der Waals surface area contributed by atoms with Gasteiger partial charge in [-0.25, -0.2) is 4.99 Å². The molecule has 43 heavy (non-hydrogen) atoms. The summed E-state index contributed by atoms with van der Waals surface area (Å²) in [5.41, 5.74) is 2.20. The Morgan fingerprint density at radius 2 is 1.67 bits per heavy atom. The number of benzene rings is 3. The van der Waals surface area contributed by atoms with E-state index >= 15 is 0 Å². The highest BCUT2D eigenvalue weighted by Crippen LogP contribution is 2.38. The number of halogens is 6. The Hall–Kier alpha value is -4.80. The third-order valence-corrected chi connectivity index (χ3v) is 7.56. The minimum Gasteiger partial charge on any atom is -0.367 e. The summed E-state index contributed by atoms with van der Waals surface area (Å²) in [6, 6.07) is 19.7. The fourth-order valence-corrected chi connectivity index (χ4v) is 5.37. The second kappa shape index (κ2) is 10.8. The predicted octanol–water partition coefficient (Wildman–Crippen LogP) is 8.49. The van der Waals surface area contributed by atoms with Crippen molar-refractivity contribution < 1.29 is 26.3 Å². The molecule has 2 aliphatic heterocycles. The lowest BCUT2D eigenvalue weighted by Crippen LogP contribution is -2.31. The van der Waals surface area contributed by atoms with Crippen molar-refractivity contribution in [1.82, 2.24) is 9.88 Å². The monoisotopic (exact) mass is 593 g/mol. The molecular formula is C32H25F6N5. The molecule has 1 aromatic heterocycles. The molecular weight excluding hydrogens is 568 g/mol. The lowest BCUT2D eigenvalue weighted by molar-refractivity contribution is -0.138. The van der Waals surface area contributed by atoms with Gasteiger partial charge in [0.1, 0.15) is 11.7 Å². The predicted molar refractivity (Wildman–Crippen MR) is 153 cm³/mol. The maximum absolute atomic E-state index is 13.8. The number of hydrogen-bond acceptors (Lipinski definition) is 5. The molecule has 220 valence electrons. The van der Waals surface area contributed by atoms with Crippen molar-refractivity contribution in [3.05, 3.63) is 125 Å². The standard InChI is InChI=1S/C32H25F6N5/c1-19-24-6-3-2-5-20(24)14-16-43(19)18-28-41-27-17-21(29-26(32(36,37)38)7-4-15-39-29)8-13-25(27)30(42-28)40-23-11-9-22(10-12-23)31(33,34)35/h2-13,15,17-19,41H,14,16H2,1H3,(H,40,42). The molecule has 0 spiro atoms. The van der Waals surface area contributed by atoms with E-state index in [-0.39, 0.29) is 17.3 Å². The van der Waals surface area contributed by atoms with Crippen molar-refractivity contribution in [2.24, 2.45) is 4.99 Å². The molecule has 0 bridgehead atoms. The van der Waals surface area contributed by atoms with Crippen molar-refractivity contribution >= 4 is 17.2 Å². The van der Waals surface area contributed by atoms with Crippen molar-refractivity contribution in [1.29, 1.82) is 0 Å². The third kappa shape index (κ3) is 5.79. The second-order valence-corrected chi connectivity index (χ2v) is 10.3. The topological polar surface area (TPSA) is 52.5 Å². The lowest BCUT2D eigenvalue weighted by Gasteiger charge is -2.35. The van der Waals surface area contributed by atoms with Crippen molar-refractivity contribution in [2.45, 2.75) is 31.7 Å². The molecule has 2 N–H and O–H groups in total. The number of fused-ring (bicyclic) bond motifs is 2. The van der Waals surface area contributed by atoms with Crippen LogP contribution >= 0.6 is 0 Å². The Morgan fingerprint density at radius 1 is 0.907 bits per heavy atom. The van der Waals surface area contributed by atoms with Crippen LogP contribution in [0.1, 0.15) is 40.8 Å². The van der Waals surface area contributed by atoms with Crippen LogP contribution in [0.3, 0.4) is 0 Å². The Kier molecular flexibility index (Phi) is 7.11. The van der Waals surface area contributed by atoms with Crippen LogP contribution in [0.5, 0.6) is 0 Å². The number of anilines is 2. The van der Waals surface area contributed by atoms with Gasteiger partial charge in [0.15, 0.2) is 0 Å². The van der Waals surface area contributed by atoms with E-state index in [0.29, 0.717) is 28.6 Å².